The minimum atomic E-state index is -0.874. The molecule has 0 saturated carbocycles. The molecule has 2 aromatic rings. The van der Waals surface area contributed by atoms with Crippen LogP contribution >= 0.6 is 0 Å². The first-order valence-corrected chi connectivity index (χ1v) is 9.28. The number of methoxy groups -OCH3 is 1. The smallest absolute Gasteiger partial charge is 0.325 e. The maximum atomic E-state index is 12.4. The summed E-state index contributed by atoms with van der Waals surface area (Å²) in [4.78, 5) is 43.6. The Labute approximate surface area is 171 Å². The fraction of sp³-hybridized carbons (Fsp3) is 0.381. The average Bonchev–Trinajstić information content (AvgIpc) is 2.72. The van der Waals surface area contributed by atoms with E-state index >= 15 is 0 Å². The maximum Gasteiger partial charge on any atom is 0.325 e. The van der Waals surface area contributed by atoms with Gasteiger partial charge in [0, 0.05) is 18.8 Å². The van der Waals surface area contributed by atoms with Crippen LogP contribution in [-0.4, -0.2) is 47.4 Å². The Morgan fingerprint density at radius 2 is 1.72 bits per heavy atom. The predicted molar refractivity (Wildman–Crippen MR) is 109 cm³/mol. The zero-order valence-corrected chi connectivity index (χ0v) is 17.2. The molecule has 1 aromatic heterocycles. The Bertz CT molecular complexity index is 764. The lowest BCUT2D eigenvalue weighted by molar-refractivity contribution is -0.141. The van der Waals surface area contributed by atoms with Gasteiger partial charge in [-0.05, 0) is 11.5 Å². The molecule has 2 amide bonds. The molecule has 0 spiro atoms. The van der Waals surface area contributed by atoms with E-state index in [0.29, 0.717) is 0 Å². The van der Waals surface area contributed by atoms with Crippen LogP contribution in [0.1, 0.15) is 36.8 Å². The van der Waals surface area contributed by atoms with Crippen LogP contribution < -0.4 is 10.6 Å². The SMILES string of the molecule is CC(C)C.COC(=O)CNC(=O)C(Cc1ccccc1)NC(=O)c1cnccn1. The summed E-state index contributed by atoms with van der Waals surface area (Å²) in [7, 11) is 1.23. The minimum Gasteiger partial charge on any atom is -0.468 e. The highest BCUT2D eigenvalue weighted by Crippen LogP contribution is 2.04. The van der Waals surface area contributed by atoms with Gasteiger partial charge in [0.2, 0.25) is 5.91 Å². The van der Waals surface area contributed by atoms with E-state index < -0.39 is 23.8 Å². The molecule has 0 radical (unpaired) electrons. The Hall–Kier alpha value is -3.29. The molecule has 8 heteroatoms. The van der Waals surface area contributed by atoms with Gasteiger partial charge < -0.3 is 15.4 Å². The molecule has 0 fully saturated rings. The Kier molecular flexibility index (Phi) is 10.6. The van der Waals surface area contributed by atoms with Crippen molar-refractivity contribution in [1.29, 1.82) is 0 Å². The first-order chi connectivity index (χ1) is 13.8. The van der Waals surface area contributed by atoms with Gasteiger partial charge in [-0.2, -0.15) is 0 Å². The first-order valence-electron chi connectivity index (χ1n) is 9.28. The number of nitrogens with one attached hydrogen (secondary N) is 2. The highest BCUT2D eigenvalue weighted by Gasteiger charge is 2.23. The van der Waals surface area contributed by atoms with E-state index in [-0.39, 0.29) is 18.7 Å². The standard InChI is InChI=1S/C17H18N4O4.C4H10/c1-25-15(22)11-20-16(23)13(9-12-5-3-2-4-6-12)21-17(24)14-10-18-7-8-19-14;1-4(2)3/h2-8,10,13H,9,11H2,1H3,(H,20,23)(H,21,24);4H,1-3H3. The van der Waals surface area contributed by atoms with Gasteiger partial charge in [-0.25, -0.2) is 4.98 Å². The van der Waals surface area contributed by atoms with Crippen LogP contribution in [0.25, 0.3) is 0 Å². The second-order valence-electron chi connectivity index (χ2n) is 6.83. The van der Waals surface area contributed by atoms with Gasteiger partial charge in [0.25, 0.3) is 5.91 Å². The van der Waals surface area contributed by atoms with Gasteiger partial charge in [-0.15, -0.1) is 0 Å². The lowest BCUT2D eigenvalue weighted by Gasteiger charge is -2.18. The Balaban J connectivity index is 0.000000960. The number of carbonyl (C=O) groups excluding carboxylic acids is 3. The first kappa shape index (κ1) is 23.7. The third kappa shape index (κ3) is 9.99. The average molecular weight is 400 g/mol. The number of hydrogen-bond donors (Lipinski definition) is 2. The van der Waals surface area contributed by atoms with Gasteiger partial charge in [0.15, 0.2) is 0 Å². The van der Waals surface area contributed by atoms with Gasteiger partial charge in [0.1, 0.15) is 18.3 Å². The third-order valence-electron chi connectivity index (χ3n) is 3.33. The molecule has 8 nitrogen and oxygen atoms in total. The number of aromatic nitrogens is 2. The van der Waals surface area contributed by atoms with Crippen molar-refractivity contribution in [3.63, 3.8) is 0 Å². The van der Waals surface area contributed by atoms with E-state index in [1.807, 2.05) is 30.3 Å². The molecule has 2 N–H and O–H groups in total. The van der Waals surface area contributed by atoms with Gasteiger partial charge in [0.05, 0.1) is 13.3 Å². The minimum absolute atomic E-state index is 0.0985. The normalized spacial score (nSPS) is 10.9. The molecular formula is C21H28N4O4. The van der Waals surface area contributed by atoms with E-state index in [4.69, 9.17) is 0 Å². The van der Waals surface area contributed by atoms with E-state index in [1.165, 1.54) is 25.7 Å². The van der Waals surface area contributed by atoms with Crippen LogP contribution in [-0.2, 0) is 20.7 Å². The zero-order valence-electron chi connectivity index (χ0n) is 17.2. The molecule has 156 valence electrons. The monoisotopic (exact) mass is 400 g/mol. The summed E-state index contributed by atoms with van der Waals surface area (Å²) in [5.41, 5.74) is 0.960. The largest absolute Gasteiger partial charge is 0.468 e. The maximum absolute atomic E-state index is 12.4. The number of benzene rings is 1. The van der Waals surface area contributed by atoms with Crippen molar-refractivity contribution in [2.45, 2.75) is 33.2 Å². The van der Waals surface area contributed by atoms with Crippen molar-refractivity contribution in [2.24, 2.45) is 5.92 Å². The van der Waals surface area contributed by atoms with Gasteiger partial charge in [-0.3, -0.25) is 19.4 Å². The Morgan fingerprint density at radius 3 is 2.28 bits per heavy atom. The van der Waals surface area contributed by atoms with E-state index in [9.17, 15) is 14.4 Å². The molecule has 29 heavy (non-hydrogen) atoms. The van der Waals surface area contributed by atoms with Gasteiger partial charge in [-0.1, -0.05) is 51.1 Å². The number of rotatable bonds is 7. The number of ether oxygens (including phenoxy) is 1. The summed E-state index contributed by atoms with van der Waals surface area (Å²) in [6.07, 6.45) is 4.40. The molecule has 1 heterocycles. The number of hydrogen-bond acceptors (Lipinski definition) is 6. The molecule has 0 saturated heterocycles. The van der Waals surface area contributed by atoms with E-state index in [1.54, 1.807) is 0 Å². The predicted octanol–water partition coefficient (Wildman–Crippen LogP) is 1.77. The number of esters is 1. The quantitative estimate of drug-likeness (QED) is 0.686. The molecule has 0 bridgehead atoms. The summed E-state index contributed by atoms with van der Waals surface area (Å²) < 4.78 is 4.49. The van der Waals surface area contributed by atoms with Crippen LogP contribution in [0.2, 0.25) is 0 Å². The van der Waals surface area contributed by atoms with Crippen molar-refractivity contribution in [3.05, 3.63) is 60.2 Å². The summed E-state index contributed by atoms with van der Waals surface area (Å²) in [5.74, 6) is -0.763. The van der Waals surface area contributed by atoms with Crippen molar-refractivity contribution in [3.8, 4) is 0 Å². The van der Waals surface area contributed by atoms with Crippen LogP contribution in [0.3, 0.4) is 0 Å². The summed E-state index contributed by atoms with van der Waals surface area (Å²) >= 11 is 0. The van der Waals surface area contributed by atoms with Gasteiger partial charge >= 0.3 is 5.97 Å². The van der Waals surface area contributed by atoms with Crippen molar-refractivity contribution in [1.82, 2.24) is 20.6 Å². The second kappa shape index (κ2) is 13.0. The topological polar surface area (TPSA) is 110 Å². The molecular weight excluding hydrogens is 372 g/mol. The number of carbonyl (C=O) groups is 3. The number of amides is 2. The molecule has 2 rings (SSSR count). The molecule has 1 unspecified atom stereocenters. The summed E-state index contributed by atoms with van der Waals surface area (Å²) in [5, 5.41) is 5.06. The van der Waals surface area contributed by atoms with Crippen molar-refractivity contribution in [2.75, 3.05) is 13.7 Å². The van der Waals surface area contributed by atoms with Crippen LogP contribution in [0, 0.1) is 5.92 Å². The highest BCUT2D eigenvalue weighted by molar-refractivity contribution is 5.96. The highest BCUT2D eigenvalue weighted by atomic mass is 16.5. The fourth-order valence-electron chi connectivity index (χ4n) is 2.06. The zero-order chi connectivity index (χ0) is 21.6. The Morgan fingerprint density at radius 1 is 1.07 bits per heavy atom. The number of nitrogens with zero attached hydrogens (tertiary/aromatic N) is 2. The molecule has 0 aliphatic rings. The molecule has 0 aliphatic carbocycles. The summed E-state index contributed by atoms with van der Waals surface area (Å²) in [6, 6.07) is 8.34. The van der Waals surface area contributed by atoms with Crippen LogP contribution in [0.4, 0.5) is 0 Å². The third-order valence-corrected chi connectivity index (χ3v) is 3.33. The molecule has 1 aromatic carbocycles. The summed E-state index contributed by atoms with van der Waals surface area (Å²) in [6.45, 7) is 6.22. The van der Waals surface area contributed by atoms with E-state index in [2.05, 4.69) is 46.1 Å². The fourth-order valence-corrected chi connectivity index (χ4v) is 2.06. The second-order valence-corrected chi connectivity index (χ2v) is 6.83. The van der Waals surface area contributed by atoms with Crippen molar-refractivity contribution >= 4 is 17.8 Å². The molecule has 0 aliphatic heterocycles. The van der Waals surface area contributed by atoms with Crippen molar-refractivity contribution < 1.29 is 19.1 Å². The van der Waals surface area contributed by atoms with E-state index in [0.717, 1.165) is 11.5 Å². The van der Waals surface area contributed by atoms with Crippen LogP contribution in [0.5, 0.6) is 0 Å². The lowest BCUT2D eigenvalue weighted by atomic mass is 10.1. The molecule has 1 atom stereocenters. The van der Waals surface area contributed by atoms with Crippen LogP contribution in [0.15, 0.2) is 48.9 Å². The lowest BCUT2D eigenvalue weighted by Crippen LogP contribution is -2.49.